The second kappa shape index (κ2) is 23.4. The Balaban J connectivity index is 2.69. The topological polar surface area (TPSA) is 119 Å². The molecule has 0 aromatic heterocycles. The summed E-state index contributed by atoms with van der Waals surface area (Å²) in [6, 6.07) is -0.967. The minimum absolute atomic E-state index is 0.0699. The minimum Gasteiger partial charge on any atom is -0.394 e. The zero-order valence-electron chi connectivity index (χ0n) is 26.0. The van der Waals surface area contributed by atoms with E-state index in [9.17, 15) is 24.9 Å². The van der Waals surface area contributed by atoms with Gasteiger partial charge in [-0.1, -0.05) is 123 Å². The molecule has 0 bridgehead atoms. The zero-order chi connectivity index (χ0) is 29.6. The van der Waals surface area contributed by atoms with Gasteiger partial charge in [0.25, 0.3) is 0 Å². The maximum absolute atomic E-state index is 13.5. The molecular formula is C32H62N2O6. The van der Waals surface area contributed by atoms with Crippen LogP contribution in [0.3, 0.4) is 0 Å². The fraction of sp³-hybridized carbons (Fsp3) is 0.938. The van der Waals surface area contributed by atoms with Crippen molar-refractivity contribution >= 4 is 11.8 Å². The number of aliphatic hydroxyl groups excluding tert-OH is 3. The summed E-state index contributed by atoms with van der Waals surface area (Å²) >= 11 is 0. The number of ether oxygens (including phenoxy) is 1. The summed E-state index contributed by atoms with van der Waals surface area (Å²) in [5.74, 6) is -0.447. The first-order chi connectivity index (χ1) is 19.4. The first-order valence-electron chi connectivity index (χ1n) is 16.6. The average Bonchev–Trinajstić information content (AvgIpc) is 2.93. The zero-order valence-corrected chi connectivity index (χ0v) is 26.0. The highest BCUT2D eigenvalue weighted by Gasteiger charge is 2.47. The van der Waals surface area contributed by atoms with Crippen molar-refractivity contribution in [2.45, 2.75) is 180 Å². The molecule has 1 heterocycles. The van der Waals surface area contributed by atoms with Gasteiger partial charge in [0.15, 0.2) is 6.23 Å². The van der Waals surface area contributed by atoms with E-state index in [1.54, 1.807) is 4.90 Å². The highest BCUT2D eigenvalue weighted by Crippen LogP contribution is 2.26. The van der Waals surface area contributed by atoms with Crippen LogP contribution in [0.15, 0.2) is 0 Å². The number of nitrogens with zero attached hydrogens (tertiary/aromatic N) is 1. The van der Waals surface area contributed by atoms with E-state index in [0.29, 0.717) is 13.0 Å². The second-order valence-corrected chi connectivity index (χ2v) is 11.8. The Morgan fingerprint density at radius 3 is 1.60 bits per heavy atom. The first kappa shape index (κ1) is 36.8. The van der Waals surface area contributed by atoms with Crippen LogP contribution in [0.5, 0.6) is 0 Å². The number of hydrogen-bond donors (Lipinski definition) is 4. The van der Waals surface area contributed by atoms with Crippen molar-refractivity contribution in [3.05, 3.63) is 0 Å². The monoisotopic (exact) mass is 570 g/mol. The van der Waals surface area contributed by atoms with Gasteiger partial charge in [0.1, 0.15) is 24.4 Å². The number of amides is 2. The van der Waals surface area contributed by atoms with Gasteiger partial charge < -0.3 is 30.3 Å². The van der Waals surface area contributed by atoms with Crippen LogP contribution < -0.4 is 5.32 Å². The molecule has 236 valence electrons. The molecule has 0 aliphatic carbocycles. The van der Waals surface area contributed by atoms with Gasteiger partial charge in [-0.15, -0.1) is 0 Å². The summed E-state index contributed by atoms with van der Waals surface area (Å²) in [4.78, 5) is 27.1. The lowest BCUT2D eigenvalue weighted by Gasteiger charge is -2.46. The van der Waals surface area contributed by atoms with Crippen LogP contribution in [0, 0.1) is 0 Å². The Morgan fingerprint density at radius 2 is 1.15 bits per heavy atom. The van der Waals surface area contributed by atoms with Crippen LogP contribution in [0.1, 0.15) is 149 Å². The van der Waals surface area contributed by atoms with Crippen LogP contribution in [0.4, 0.5) is 0 Å². The van der Waals surface area contributed by atoms with E-state index >= 15 is 0 Å². The number of carbonyl (C=O) groups is 2. The minimum atomic E-state index is -1.36. The van der Waals surface area contributed by atoms with Crippen molar-refractivity contribution in [3.63, 3.8) is 0 Å². The normalized spacial score (nSPS) is 22.8. The number of carbonyl (C=O) groups excluding carboxylic acids is 2. The first-order valence-corrected chi connectivity index (χ1v) is 16.6. The Labute approximate surface area is 244 Å². The maximum atomic E-state index is 13.5. The van der Waals surface area contributed by atoms with E-state index < -0.39 is 37.2 Å². The molecule has 8 heteroatoms. The summed E-state index contributed by atoms with van der Waals surface area (Å²) in [6.07, 6.45) is 18.0. The third-order valence-electron chi connectivity index (χ3n) is 8.14. The van der Waals surface area contributed by atoms with Crippen molar-refractivity contribution in [1.29, 1.82) is 0 Å². The third kappa shape index (κ3) is 15.1. The molecule has 2 amide bonds. The van der Waals surface area contributed by atoms with Crippen LogP contribution in [0.25, 0.3) is 0 Å². The van der Waals surface area contributed by atoms with Gasteiger partial charge in [-0.3, -0.25) is 9.59 Å². The molecule has 1 saturated heterocycles. The Hall–Kier alpha value is -1.22. The molecule has 0 spiro atoms. The molecule has 1 aliphatic heterocycles. The molecule has 40 heavy (non-hydrogen) atoms. The number of aliphatic hydroxyl groups is 3. The number of hydrogen-bond acceptors (Lipinski definition) is 6. The van der Waals surface area contributed by atoms with Crippen molar-refractivity contribution in [2.75, 3.05) is 13.2 Å². The van der Waals surface area contributed by atoms with Gasteiger partial charge in [-0.2, -0.15) is 0 Å². The lowest BCUT2D eigenvalue weighted by molar-refractivity contribution is -0.231. The van der Waals surface area contributed by atoms with Gasteiger partial charge in [0.2, 0.25) is 11.8 Å². The SMILES string of the molecule is CCCCCCCCCCCCN(C(=O)CCCCCCCCCCC)[C@@H]1O[C@H](CO)[C@@H](O)[C@H](O)[C@@H]1NC(C)=O. The van der Waals surface area contributed by atoms with E-state index in [1.165, 1.54) is 90.4 Å². The molecule has 1 fully saturated rings. The van der Waals surface area contributed by atoms with Crippen molar-refractivity contribution in [1.82, 2.24) is 10.2 Å². The highest BCUT2D eigenvalue weighted by atomic mass is 16.5. The lowest BCUT2D eigenvalue weighted by atomic mass is 9.94. The summed E-state index contributed by atoms with van der Waals surface area (Å²) in [5.41, 5.74) is 0. The summed E-state index contributed by atoms with van der Waals surface area (Å²) in [6.45, 7) is 5.76. The van der Waals surface area contributed by atoms with Crippen molar-refractivity contribution < 1.29 is 29.6 Å². The van der Waals surface area contributed by atoms with Crippen LogP contribution in [-0.4, -0.2) is 75.8 Å². The van der Waals surface area contributed by atoms with Gasteiger partial charge in [0, 0.05) is 19.9 Å². The summed E-state index contributed by atoms with van der Waals surface area (Å²) in [5, 5.41) is 33.7. The van der Waals surface area contributed by atoms with Crippen LogP contribution in [0.2, 0.25) is 0 Å². The standard InChI is InChI=1S/C32H62N2O6/c1-4-6-8-10-12-14-16-18-20-22-24-34(28(37)23-21-19-17-15-13-11-9-7-5-2)32-29(33-26(3)36)31(39)30(38)27(25-35)40-32/h27,29-32,35,38-39H,4-25H2,1-3H3,(H,33,36)/t27-,29+,30-,31-,32-/m1/s1. The molecule has 0 aromatic rings. The van der Waals surface area contributed by atoms with Crippen molar-refractivity contribution in [3.8, 4) is 0 Å². The van der Waals surface area contributed by atoms with Gasteiger partial charge in [0.05, 0.1) is 6.61 Å². The van der Waals surface area contributed by atoms with E-state index in [0.717, 1.165) is 38.5 Å². The number of rotatable bonds is 24. The fourth-order valence-corrected chi connectivity index (χ4v) is 5.65. The van der Waals surface area contributed by atoms with E-state index in [4.69, 9.17) is 4.74 Å². The predicted molar refractivity (Wildman–Crippen MR) is 161 cm³/mol. The molecule has 4 N–H and O–H groups in total. The molecule has 1 rings (SSSR count). The molecule has 1 aliphatic rings. The fourth-order valence-electron chi connectivity index (χ4n) is 5.65. The highest BCUT2D eigenvalue weighted by molar-refractivity contribution is 5.77. The van der Waals surface area contributed by atoms with Crippen molar-refractivity contribution in [2.24, 2.45) is 0 Å². The Morgan fingerprint density at radius 1 is 0.700 bits per heavy atom. The molecule has 0 aromatic carbocycles. The van der Waals surface area contributed by atoms with Gasteiger partial charge in [-0.05, 0) is 12.8 Å². The van der Waals surface area contributed by atoms with Gasteiger partial charge >= 0.3 is 0 Å². The second-order valence-electron chi connectivity index (χ2n) is 11.8. The van der Waals surface area contributed by atoms with Crippen LogP contribution in [-0.2, 0) is 14.3 Å². The molecule has 5 atom stereocenters. The molecule has 0 radical (unpaired) electrons. The Kier molecular flexibility index (Phi) is 21.5. The maximum Gasteiger partial charge on any atom is 0.224 e. The molecular weight excluding hydrogens is 508 g/mol. The van der Waals surface area contributed by atoms with E-state index in [1.807, 2.05) is 0 Å². The third-order valence-corrected chi connectivity index (χ3v) is 8.14. The number of nitrogens with one attached hydrogen (secondary N) is 1. The predicted octanol–water partition coefficient (Wildman–Crippen LogP) is 5.60. The quantitative estimate of drug-likeness (QED) is 0.112. The van der Waals surface area contributed by atoms with Crippen LogP contribution >= 0.6 is 0 Å². The van der Waals surface area contributed by atoms with E-state index in [2.05, 4.69) is 19.2 Å². The lowest BCUT2D eigenvalue weighted by Crippen LogP contribution is -2.68. The summed E-state index contributed by atoms with van der Waals surface area (Å²) < 4.78 is 5.98. The Bertz CT molecular complexity index is 649. The van der Waals surface area contributed by atoms with Gasteiger partial charge in [-0.25, -0.2) is 0 Å². The molecule has 0 saturated carbocycles. The molecule has 0 unspecified atom stereocenters. The number of unbranched alkanes of at least 4 members (excludes halogenated alkanes) is 17. The summed E-state index contributed by atoms with van der Waals surface area (Å²) in [7, 11) is 0. The largest absolute Gasteiger partial charge is 0.394 e. The smallest absolute Gasteiger partial charge is 0.224 e. The average molecular weight is 571 g/mol. The molecule has 8 nitrogen and oxygen atoms in total. The van der Waals surface area contributed by atoms with E-state index in [-0.39, 0.29) is 11.8 Å².